The van der Waals surface area contributed by atoms with E-state index in [1.165, 1.54) is 0 Å². The van der Waals surface area contributed by atoms with Gasteiger partial charge < -0.3 is 11.1 Å². The Kier molecular flexibility index (Phi) is 6.31. The largest absolute Gasteiger partial charge is 0.397 e. The van der Waals surface area contributed by atoms with Crippen LogP contribution in [-0.4, -0.2) is 21.1 Å². The SMILES string of the molecule is CCCCS(=O)C(C)C(=O)Nc1ccc(Cl)c(N)c1. The first-order chi connectivity index (χ1) is 8.95. The van der Waals surface area contributed by atoms with Crippen LogP contribution in [0.5, 0.6) is 0 Å². The topological polar surface area (TPSA) is 72.2 Å². The third kappa shape index (κ3) is 4.84. The molecule has 0 fully saturated rings. The van der Waals surface area contributed by atoms with Gasteiger partial charge in [0.15, 0.2) is 0 Å². The lowest BCUT2D eigenvalue weighted by Crippen LogP contribution is -2.30. The Morgan fingerprint density at radius 2 is 2.21 bits per heavy atom. The summed E-state index contributed by atoms with van der Waals surface area (Å²) in [5.74, 6) is 0.282. The molecule has 2 unspecified atom stereocenters. The van der Waals surface area contributed by atoms with Crippen LogP contribution in [0.2, 0.25) is 5.02 Å². The minimum Gasteiger partial charge on any atom is -0.397 e. The van der Waals surface area contributed by atoms with Crippen LogP contribution in [0, 0.1) is 0 Å². The zero-order chi connectivity index (χ0) is 14.4. The highest BCUT2D eigenvalue weighted by Crippen LogP contribution is 2.22. The van der Waals surface area contributed by atoms with Gasteiger partial charge in [-0.05, 0) is 31.5 Å². The summed E-state index contributed by atoms with van der Waals surface area (Å²) in [6, 6.07) is 4.87. The van der Waals surface area contributed by atoms with Gasteiger partial charge in [-0.1, -0.05) is 24.9 Å². The number of carbonyl (C=O) groups excluding carboxylic acids is 1. The van der Waals surface area contributed by atoms with Crippen LogP contribution in [0.4, 0.5) is 11.4 Å². The van der Waals surface area contributed by atoms with Crippen molar-refractivity contribution in [1.82, 2.24) is 0 Å². The van der Waals surface area contributed by atoms with E-state index >= 15 is 0 Å². The van der Waals surface area contributed by atoms with Crippen molar-refractivity contribution in [3.8, 4) is 0 Å². The molecule has 1 aromatic rings. The van der Waals surface area contributed by atoms with E-state index < -0.39 is 16.0 Å². The molecule has 0 aromatic heterocycles. The van der Waals surface area contributed by atoms with Gasteiger partial charge in [0.25, 0.3) is 0 Å². The highest BCUT2D eigenvalue weighted by Gasteiger charge is 2.19. The van der Waals surface area contributed by atoms with Crippen LogP contribution in [0.15, 0.2) is 18.2 Å². The van der Waals surface area contributed by atoms with Crippen molar-refractivity contribution in [1.29, 1.82) is 0 Å². The van der Waals surface area contributed by atoms with Crippen molar-refractivity contribution in [3.63, 3.8) is 0 Å². The molecule has 3 N–H and O–H groups in total. The Morgan fingerprint density at radius 3 is 2.79 bits per heavy atom. The minimum atomic E-state index is -1.15. The quantitative estimate of drug-likeness (QED) is 0.794. The second-order valence-corrected chi connectivity index (χ2v) is 6.59. The number of anilines is 2. The molecular weight excluding hydrogens is 284 g/mol. The molecule has 6 heteroatoms. The molecule has 1 aromatic carbocycles. The van der Waals surface area contributed by atoms with E-state index in [-0.39, 0.29) is 5.91 Å². The number of benzene rings is 1. The van der Waals surface area contributed by atoms with Gasteiger partial charge in [0.2, 0.25) is 5.91 Å². The van der Waals surface area contributed by atoms with E-state index in [0.29, 0.717) is 22.2 Å². The molecule has 4 nitrogen and oxygen atoms in total. The lowest BCUT2D eigenvalue weighted by Gasteiger charge is -2.12. The second-order valence-electron chi connectivity index (χ2n) is 4.31. The Labute approximate surface area is 121 Å². The Hall–Kier alpha value is -1.07. The minimum absolute atomic E-state index is 0.267. The fraction of sp³-hybridized carbons (Fsp3) is 0.462. The van der Waals surface area contributed by atoms with E-state index in [2.05, 4.69) is 5.32 Å². The maximum atomic E-state index is 11.9. The monoisotopic (exact) mass is 302 g/mol. The first kappa shape index (κ1) is 16.0. The van der Waals surface area contributed by atoms with E-state index in [1.807, 2.05) is 6.92 Å². The van der Waals surface area contributed by atoms with E-state index in [9.17, 15) is 9.00 Å². The summed E-state index contributed by atoms with van der Waals surface area (Å²) >= 11 is 5.80. The summed E-state index contributed by atoms with van der Waals surface area (Å²) in [6.45, 7) is 3.69. The van der Waals surface area contributed by atoms with Crippen molar-refractivity contribution in [3.05, 3.63) is 23.2 Å². The highest BCUT2D eigenvalue weighted by molar-refractivity contribution is 7.86. The fourth-order valence-corrected chi connectivity index (χ4v) is 2.79. The predicted octanol–water partition coefficient (Wildman–Crippen LogP) is 2.80. The van der Waals surface area contributed by atoms with Gasteiger partial charge in [-0.3, -0.25) is 9.00 Å². The zero-order valence-corrected chi connectivity index (χ0v) is 12.7. The highest BCUT2D eigenvalue weighted by atomic mass is 35.5. The Morgan fingerprint density at radius 1 is 1.53 bits per heavy atom. The molecule has 0 aliphatic rings. The van der Waals surface area contributed by atoms with Gasteiger partial charge in [-0.25, -0.2) is 0 Å². The maximum Gasteiger partial charge on any atom is 0.239 e. The molecular formula is C13H19ClN2O2S. The molecule has 0 radical (unpaired) electrons. The van der Waals surface area contributed by atoms with Crippen molar-refractivity contribution >= 4 is 39.7 Å². The summed E-state index contributed by atoms with van der Waals surface area (Å²) in [5.41, 5.74) is 6.62. The summed E-state index contributed by atoms with van der Waals surface area (Å²) in [5, 5.41) is 2.60. The van der Waals surface area contributed by atoms with Gasteiger partial charge >= 0.3 is 0 Å². The Balaban J connectivity index is 2.63. The van der Waals surface area contributed by atoms with Crippen molar-refractivity contribution in [2.45, 2.75) is 31.9 Å². The number of unbranched alkanes of at least 4 members (excludes halogenated alkanes) is 1. The number of amides is 1. The number of carbonyl (C=O) groups is 1. The predicted molar refractivity (Wildman–Crippen MR) is 81.9 cm³/mol. The summed E-state index contributed by atoms with van der Waals surface area (Å²) in [6.07, 6.45) is 1.83. The lowest BCUT2D eigenvalue weighted by atomic mass is 10.2. The van der Waals surface area contributed by atoms with Gasteiger partial charge in [0.05, 0.1) is 10.7 Å². The van der Waals surface area contributed by atoms with Crippen LogP contribution in [-0.2, 0) is 15.6 Å². The van der Waals surface area contributed by atoms with Crippen LogP contribution in [0.3, 0.4) is 0 Å². The molecule has 1 rings (SSSR count). The van der Waals surface area contributed by atoms with Gasteiger partial charge in [-0.15, -0.1) is 0 Å². The van der Waals surface area contributed by atoms with Crippen LogP contribution in [0.25, 0.3) is 0 Å². The van der Waals surface area contributed by atoms with Gasteiger partial charge in [0.1, 0.15) is 5.25 Å². The summed E-state index contributed by atoms with van der Waals surface area (Å²) in [4.78, 5) is 11.9. The molecule has 1 amide bonds. The van der Waals surface area contributed by atoms with Crippen LogP contribution < -0.4 is 11.1 Å². The van der Waals surface area contributed by atoms with Crippen molar-refractivity contribution in [2.75, 3.05) is 16.8 Å². The third-order valence-corrected chi connectivity index (χ3v) is 4.76. The average molecular weight is 303 g/mol. The van der Waals surface area contributed by atoms with Crippen molar-refractivity contribution in [2.24, 2.45) is 0 Å². The smallest absolute Gasteiger partial charge is 0.239 e. The zero-order valence-electron chi connectivity index (χ0n) is 11.1. The molecule has 0 bridgehead atoms. The number of nitrogen functional groups attached to an aromatic ring is 1. The number of hydrogen-bond donors (Lipinski definition) is 2. The molecule has 0 saturated carbocycles. The summed E-state index contributed by atoms with van der Waals surface area (Å²) in [7, 11) is -1.15. The number of hydrogen-bond acceptors (Lipinski definition) is 3. The van der Waals surface area contributed by atoms with E-state index in [4.69, 9.17) is 17.3 Å². The van der Waals surface area contributed by atoms with Crippen LogP contribution >= 0.6 is 11.6 Å². The van der Waals surface area contributed by atoms with Crippen LogP contribution in [0.1, 0.15) is 26.7 Å². The fourth-order valence-electron chi connectivity index (χ4n) is 1.45. The first-order valence-electron chi connectivity index (χ1n) is 6.18. The standard InChI is InChI=1S/C13H19ClN2O2S/c1-3-4-7-19(18)9(2)13(17)16-10-5-6-11(14)12(15)8-10/h5-6,8-9H,3-4,7,15H2,1-2H3,(H,16,17). The molecule has 0 heterocycles. The second kappa shape index (κ2) is 7.50. The molecule has 0 aliphatic heterocycles. The average Bonchev–Trinajstić information content (AvgIpc) is 2.39. The number of rotatable bonds is 6. The molecule has 0 aliphatic carbocycles. The third-order valence-electron chi connectivity index (χ3n) is 2.73. The van der Waals surface area contributed by atoms with Gasteiger partial charge in [-0.2, -0.15) is 0 Å². The molecule has 0 saturated heterocycles. The van der Waals surface area contributed by atoms with E-state index in [1.54, 1.807) is 25.1 Å². The molecule has 0 spiro atoms. The Bertz CT molecular complexity index is 480. The maximum absolute atomic E-state index is 11.9. The van der Waals surface area contributed by atoms with Gasteiger partial charge in [0, 0.05) is 22.2 Å². The number of nitrogens with two attached hydrogens (primary N) is 1. The molecule has 2 atom stereocenters. The molecule has 19 heavy (non-hydrogen) atoms. The number of halogens is 1. The normalized spacial score (nSPS) is 13.8. The number of nitrogens with one attached hydrogen (secondary N) is 1. The first-order valence-corrected chi connectivity index (χ1v) is 7.94. The summed E-state index contributed by atoms with van der Waals surface area (Å²) < 4.78 is 11.9. The van der Waals surface area contributed by atoms with Crippen molar-refractivity contribution < 1.29 is 9.00 Å². The van der Waals surface area contributed by atoms with E-state index in [0.717, 1.165) is 12.8 Å². The lowest BCUT2D eigenvalue weighted by molar-refractivity contribution is -0.115. The molecule has 106 valence electrons.